The van der Waals surface area contributed by atoms with Gasteiger partial charge in [0.2, 0.25) is 0 Å². The molecule has 25 heavy (non-hydrogen) atoms. The molecule has 0 spiro atoms. The third-order valence-corrected chi connectivity index (χ3v) is 4.09. The second-order valence-electron chi connectivity index (χ2n) is 5.55. The van der Waals surface area contributed by atoms with E-state index in [0.717, 1.165) is 28.1 Å². The summed E-state index contributed by atoms with van der Waals surface area (Å²) in [7, 11) is 0. The molecule has 0 saturated heterocycles. The van der Waals surface area contributed by atoms with Gasteiger partial charge >= 0.3 is 0 Å². The molecular weight excluding hydrogens is 332 g/mol. The summed E-state index contributed by atoms with van der Waals surface area (Å²) in [6.45, 7) is 0. The Hall–Kier alpha value is -3.11. The minimum absolute atomic E-state index is 0.660. The zero-order chi connectivity index (χ0) is 17.1. The maximum absolute atomic E-state index is 6.31. The molecule has 1 aromatic heterocycles. The number of pyridine rings is 1. The number of benzene rings is 2. The van der Waals surface area contributed by atoms with Crippen LogP contribution in [0, 0.1) is 0 Å². The Kier molecular flexibility index (Phi) is 4.19. The molecule has 0 amide bonds. The zero-order valence-corrected chi connectivity index (χ0v) is 14.1. The highest BCUT2D eigenvalue weighted by Crippen LogP contribution is 2.30. The summed E-state index contributed by atoms with van der Waals surface area (Å²) < 4.78 is 0. The normalized spacial score (nSPS) is 12.9. The van der Waals surface area contributed by atoms with Crippen LogP contribution >= 0.6 is 11.6 Å². The number of hydrazone groups is 1. The topological polar surface area (TPSA) is 40.5 Å². The summed E-state index contributed by atoms with van der Waals surface area (Å²) in [5, 5.41) is 6.61. The first-order chi connectivity index (χ1) is 12.3. The lowest BCUT2D eigenvalue weighted by Crippen LogP contribution is -2.30. The Morgan fingerprint density at radius 2 is 1.72 bits per heavy atom. The van der Waals surface area contributed by atoms with Crippen LogP contribution in [0.15, 0.2) is 84.2 Å². The Morgan fingerprint density at radius 3 is 2.44 bits per heavy atom. The summed E-state index contributed by atoms with van der Waals surface area (Å²) in [6.07, 6.45) is 7.17. The van der Waals surface area contributed by atoms with Crippen molar-refractivity contribution < 1.29 is 0 Å². The van der Waals surface area contributed by atoms with Crippen molar-refractivity contribution in [3.63, 3.8) is 0 Å². The van der Waals surface area contributed by atoms with E-state index >= 15 is 0 Å². The fraction of sp³-hybridized carbons (Fsp3) is 0. The molecule has 0 unspecified atom stereocenters. The van der Waals surface area contributed by atoms with Crippen LogP contribution in [0.25, 0.3) is 22.4 Å². The van der Waals surface area contributed by atoms with E-state index in [0.29, 0.717) is 5.02 Å². The number of hydrogen-bond acceptors (Lipinski definition) is 4. The van der Waals surface area contributed by atoms with E-state index in [2.05, 4.69) is 39.8 Å². The first kappa shape index (κ1) is 15.4. The maximum Gasteiger partial charge on any atom is 0.0854 e. The molecule has 0 aliphatic carbocycles. The first-order valence-corrected chi connectivity index (χ1v) is 8.25. The largest absolute Gasteiger partial charge is 0.285 e. The van der Waals surface area contributed by atoms with Crippen molar-refractivity contribution in [2.75, 3.05) is 5.12 Å². The number of allylic oxidation sites excluding steroid dienone is 1. The molecule has 2 aromatic carbocycles. The smallest absolute Gasteiger partial charge is 0.0854 e. The van der Waals surface area contributed by atoms with Gasteiger partial charge in [0.05, 0.1) is 17.6 Å². The van der Waals surface area contributed by atoms with Crippen LogP contribution in [0.5, 0.6) is 0 Å². The summed E-state index contributed by atoms with van der Waals surface area (Å²) in [5.41, 5.74) is 8.08. The number of nitrogens with zero attached hydrogens (tertiary/aromatic N) is 3. The average molecular weight is 347 g/mol. The molecule has 1 aliphatic heterocycles. The number of halogens is 1. The van der Waals surface area contributed by atoms with Gasteiger partial charge < -0.3 is 0 Å². The molecule has 0 radical (unpaired) electrons. The van der Waals surface area contributed by atoms with Gasteiger partial charge in [0, 0.05) is 23.0 Å². The number of hydrazine groups is 1. The van der Waals surface area contributed by atoms with Gasteiger partial charge in [-0.05, 0) is 47.5 Å². The van der Waals surface area contributed by atoms with E-state index < -0.39 is 0 Å². The van der Waals surface area contributed by atoms with E-state index in [9.17, 15) is 0 Å². The predicted molar refractivity (Wildman–Crippen MR) is 103 cm³/mol. The van der Waals surface area contributed by atoms with Gasteiger partial charge in [0.25, 0.3) is 0 Å². The summed E-state index contributed by atoms with van der Waals surface area (Å²) in [6, 6.07) is 20.1. The predicted octanol–water partition coefficient (Wildman–Crippen LogP) is 4.89. The third kappa shape index (κ3) is 3.39. The second kappa shape index (κ2) is 6.79. The molecule has 0 bridgehead atoms. The van der Waals surface area contributed by atoms with Gasteiger partial charge in [-0.15, -0.1) is 0 Å². The molecule has 0 fully saturated rings. The maximum atomic E-state index is 6.31. The number of nitrogens with one attached hydrogen (secondary N) is 1. The van der Waals surface area contributed by atoms with E-state index in [-0.39, 0.29) is 0 Å². The van der Waals surface area contributed by atoms with Crippen LogP contribution in [0.1, 0.15) is 0 Å². The third-order valence-electron chi connectivity index (χ3n) is 3.87. The Labute approximate surface area is 151 Å². The van der Waals surface area contributed by atoms with Gasteiger partial charge in [-0.1, -0.05) is 41.9 Å². The van der Waals surface area contributed by atoms with Crippen LogP contribution in [0.3, 0.4) is 0 Å². The van der Waals surface area contributed by atoms with Gasteiger partial charge in [-0.25, -0.2) is 0 Å². The quantitative estimate of drug-likeness (QED) is 0.733. The molecule has 0 atom stereocenters. The van der Waals surface area contributed by atoms with Crippen molar-refractivity contribution in [2.45, 2.75) is 0 Å². The molecule has 3 aromatic rings. The lowest BCUT2D eigenvalue weighted by molar-refractivity contribution is 0.775. The summed E-state index contributed by atoms with van der Waals surface area (Å²) >= 11 is 6.31. The van der Waals surface area contributed by atoms with Crippen molar-refractivity contribution in [3.05, 3.63) is 84.2 Å². The highest BCUT2D eigenvalue weighted by Gasteiger charge is 2.09. The number of anilines is 1. The van der Waals surface area contributed by atoms with E-state index in [1.165, 1.54) is 0 Å². The van der Waals surface area contributed by atoms with Crippen molar-refractivity contribution in [1.82, 2.24) is 10.4 Å². The molecule has 5 heteroatoms. The zero-order valence-electron chi connectivity index (χ0n) is 13.3. The first-order valence-electron chi connectivity index (χ1n) is 7.87. The minimum atomic E-state index is 0.660. The van der Waals surface area contributed by atoms with E-state index in [1.807, 2.05) is 48.7 Å². The number of rotatable bonds is 3. The fourth-order valence-electron chi connectivity index (χ4n) is 2.67. The van der Waals surface area contributed by atoms with Crippen molar-refractivity contribution >= 4 is 23.5 Å². The molecule has 0 saturated carbocycles. The second-order valence-corrected chi connectivity index (χ2v) is 5.99. The summed E-state index contributed by atoms with van der Waals surface area (Å²) in [5.74, 6) is 0. The lowest BCUT2D eigenvalue weighted by Gasteiger charge is -2.21. The van der Waals surface area contributed by atoms with Crippen LogP contribution in [0.2, 0.25) is 5.02 Å². The molecule has 2 heterocycles. The standard InChI is InChI=1S/C20H15ClN4/c21-18-12-17(13-19(14-18)25-23-10-3-11-24-25)15-5-7-16(8-6-15)20-4-1-2-9-22-20/h1-14,23H. The SMILES string of the molecule is Clc1cc(-c2ccc(-c3ccccn3)cc2)cc(N2N=CC=CN2)c1. The van der Waals surface area contributed by atoms with Gasteiger partial charge in [0.15, 0.2) is 0 Å². The number of aromatic nitrogens is 1. The van der Waals surface area contributed by atoms with Crippen molar-refractivity contribution in [2.24, 2.45) is 5.10 Å². The monoisotopic (exact) mass is 346 g/mol. The number of hydrogen-bond donors (Lipinski definition) is 1. The van der Waals surface area contributed by atoms with E-state index in [4.69, 9.17) is 11.6 Å². The van der Waals surface area contributed by atoms with Crippen LogP contribution in [0.4, 0.5) is 5.69 Å². The molecular formula is C20H15ClN4. The van der Waals surface area contributed by atoms with Gasteiger partial charge in [-0.3, -0.25) is 10.4 Å². The lowest BCUT2D eigenvalue weighted by atomic mass is 10.0. The molecule has 4 rings (SSSR count). The van der Waals surface area contributed by atoms with Crippen LogP contribution in [-0.2, 0) is 0 Å². The molecule has 1 N–H and O–H groups in total. The Balaban J connectivity index is 1.66. The average Bonchev–Trinajstić information content (AvgIpc) is 2.69. The minimum Gasteiger partial charge on any atom is -0.285 e. The van der Waals surface area contributed by atoms with E-state index in [1.54, 1.807) is 17.5 Å². The Morgan fingerprint density at radius 1 is 0.880 bits per heavy atom. The molecule has 1 aliphatic rings. The van der Waals surface area contributed by atoms with Crippen LogP contribution in [-0.4, -0.2) is 11.2 Å². The molecule has 4 nitrogen and oxygen atoms in total. The fourth-order valence-corrected chi connectivity index (χ4v) is 2.90. The summed E-state index contributed by atoms with van der Waals surface area (Å²) in [4.78, 5) is 4.38. The highest BCUT2D eigenvalue weighted by atomic mass is 35.5. The van der Waals surface area contributed by atoms with Crippen molar-refractivity contribution in [3.8, 4) is 22.4 Å². The van der Waals surface area contributed by atoms with Crippen molar-refractivity contribution in [1.29, 1.82) is 0 Å². The van der Waals surface area contributed by atoms with Gasteiger partial charge in [-0.2, -0.15) is 10.2 Å². The van der Waals surface area contributed by atoms with Gasteiger partial charge in [0.1, 0.15) is 0 Å². The Bertz CT molecular complexity index is 934. The molecule has 122 valence electrons. The van der Waals surface area contributed by atoms with Crippen LogP contribution < -0.4 is 10.5 Å². The highest BCUT2D eigenvalue weighted by molar-refractivity contribution is 6.31.